The van der Waals surface area contributed by atoms with Crippen LogP contribution in [0.15, 0.2) is 0 Å². The molecule has 0 radical (unpaired) electrons. The molecular weight excluding hydrogens is 180 g/mol. The maximum atomic E-state index is 11.0. The average molecular weight is 193 g/mol. The molecule has 3 heteroatoms. The van der Waals surface area contributed by atoms with Crippen molar-refractivity contribution in [2.45, 2.75) is 33.1 Å². The summed E-state index contributed by atoms with van der Waals surface area (Å²) in [6.07, 6.45) is 2.04. The van der Waals surface area contributed by atoms with Crippen molar-refractivity contribution in [2.24, 2.45) is 5.92 Å². The zero-order valence-corrected chi connectivity index (χ0v) is 8.47. The highest BCUT2D eigenvalue weighted by Gasteiger charge is 2.10. The number of halogens is 1. The summed E-state index contributed by atoms with van der Waals surface area (Å²) in [5.41, 5.74) is 0. The normalized spacial score (nSPS) is 12.6. The minimum absolute atomic E-state index is 0.0470. The van der Waals surface area contributed by atoms with Gasteiger partial charge in [-0.15, -0.1) is 0 Å². The molecule has 1 unspecified atom stereocenters. The standard InChI is InChI=1S/C8H13ClOS/c1-3-4-7(10)5-6(2)8(9)11/h6H,3-5H2,1-2H3. The lowest BCUT2D eigenvalue weighted by Crippen LogP contribution is -2.09. The third kappa shape index (κ3) is 5.33. The Kier molecular flexibility index (Phi) is 5.69. The number of carbonyl (C=O) groups excluding carboxylic acids is 1. The minimum atomic E-state index is 0.0470. The van der Waals surface area contributed by atoms with Crippen LogP contribution in [0.2, 0.25) is 0 Å². The van der Waals surface area contributed by atoms with Gasteiger partial charge in [0, 0.05) is 18.8 Å². The number of rotatable bonds is 5. The zero-order valence-electron chi connectivity index (χ0n) is 6.89. The van der Waals surface area contributed by atoms with Gasteiger partial charge in [-0.1, -0.05) is 37.7 Å². The van der Waals surface area contributed by atoms with E-state index in [2.05, 4.69) is 0 Å². The van der Waals surface area contributed by atoms with Crippen LogP contribution in [-0.4, -0.2) is 10.1 Å². The van der Waals surface area contributed by atoms with Gasteiger partial charge in [0.15, 0.2) is 0 Å². The quantitative estimate of drug-likeness (QED) is 0.492. The molecule has 0 fully saturated rings. The van der Waals surface area contributed by atoms with Gasteiger partial charge in [-0.3, -0.25) is 4.79 Å². The van der Waals surface area contributed by atoms with Crippen molar-refractivity contribution in [1.29, 1.82) is 0 Å². The molecule has 0 rings (SSSR count). The molecule has 0 aromatic heterocycles. The van der Waals surface area contributed by atoms with Gasteiger partial charge in [-0.25, -0.2) is 0 Å². The third-order valence-corrected chi connectivity index (χ3v) is 2.23. The summed E-state index contributed by atoms with van der Waals surface area (Å²) < 4.78 is 0.412. The van der Waals surface area contributed by atoms with E-state index in [1.165, 1.54) is 0 Å². The SMILES string of the molecule is CCCC(=O)CC(C)C(=S)Cl. The molecule has 0 aromatic rings. The van der Waals surface area contributed by atoms with Crippen LogP contribution in [0.25, 0.3) is 0 Å². The molecule has 1 nitrogen and oxygen atoms in total. The molecule has 0 spiro atoms. The van der Waals surface area contributed by atoms with Gasteiger partial charge in [0.1, 0.15) is 5.78 Å². The molecule has 0 aromatic carbocycles. The van der Waals surface area contributed by atoms with E-state index in [1.54, 1.807) is 0 Å². The molecular formula is C8H13ClOS. The fourth-order valence-corrected chi connectivity index (χ4v) is 0.963. The first-order chi connectivity index (χ1) is 5.07. The molecule has 0 aliphatic heterocycles. The second-order valence-corrected chi connectivity index (χ2v) is 3.77. The summed E-state index contributed by atoms with van der Waals surface area (Å²) in [5, 5.41) is 0. The van der Waals surface area contributed by atoms with Gasteiger partial charge < -0.3 is 0 Å². The van der Waals surface area contributed by atoms with E-state index < -0.39 is 0 Å². The summed E-state index contributed by atoms with van der Waals surface area (Å²) in [6, 6.07) is 0. The lowest BCUT2D eigenvalue weighted by molar-refractivity contribution is -0.119. The molecule has 0 saturated carbocycles. The zero-order chi connectivity index (χ0) is 8.85. The summed E-state index contributed by atoms with van der Waals surface area (Å²) in [7, 11) is 0. The number of hydrogen-bond acceptors (Lipinski definition) is 2. The molecule has 11 heavy (non-hydrogen) atoms. The number of Topliss-reactive ketones (excluding diaryl/α,β-unsaturated/α-hetero) is 1. The Balaban J connectivity index is 3.66. The Hall–Kier alpha value is 0.0500. The molecule has 0 aliphatic rings. The fourth-order valence-electron chi connectivity index (χ4n) is 0.803. The Morgan fingerprint density at radius 1 is 1.64 bits per heavy atom. The summed E-state index contributed by atoms with van der Waals surface area (Å²) in [4.78, 5) is 11.0. The van der Waals surface area contributed by atoms with E-state index >= 15 is 0 Å². The summed E-state index contributed by atoms with van der Waals surface area (Å²) >= 11 is 10.3. The minimum Gasteiger partial charge on any atom is -0.300 e. The highest BCUT2D eigenvalue weighted by atomic mass is 35.5. The number of hydrogen-bond donors (Lipinski definition) is 0. The Bertz CT molecular complexity index is 156. The molecule has 1 atom stereocenters. The fraction of sp³-hybridized carbons (Fsp3) is 0.750. The lowest BCUT2D eigenvalue weighted by atomic mass is 10.0. The van der Waals surface area contributed by atoms with E-state index in [0.29, 0.717) is 17.2 Å². The van der Waals surface area contributed by atoms with Gasteiger partial charge >= 0.3 is 0 Å². The smallest absolute Gasteiger partial charge is 0.133 e. The first-order valence-electron chi connectivity index (χ1n) is 3.79. The Labute approximate surface area is 78.1 Å². The third-order valence-electron chi connectivity index (χ3n) is 1.45. The Morgan fingerprint density at radius 2 is 2.18 bits per heavy atom. The first-order valence-corrected chi connectivity index (χ1v) is 4.57. The molecule has 0 aliphatic carbocycles. The highest BCUT2D eigenvalue weighted by molar-refractivity contribution is 7.83. The van der Waals surface area contributed by atoms with Crippen LogP contribution in [0.3, 0.4) is 0 Å². The van der Waals surface area contributed by atoms with Crippen molar-refractivity contribution in [2.75, 3.05) is 0 Å². The molecule has 0 bridgehead atoms. The van der Waals surface area contributed by atoms with Gasteiger partial charge in [0.05, 0.1) is 4.32 Å². The van der Waals surface area contributed by atoms with Crippen LogP contribution >= 0.6 is 23.8 Å². The van der Waals surface area contributed by atoms with Crippen LogP contribution in [-0.2, 0) is 4.79 Å². The van der Waals surface area contributed by atoms with E-state index in [-0.39, 0.29) is 11.7 Å². The Morgan fingerprint density at radius 3 is 2.55 bits per heavy atom. The van der Waals surface area contributed by atoms with Crippen LogP contribution in [0.5, 0.6) is 0 Å². The second kappa shape index (κ2) is 5.67. The van der Waals surface area contributed by atoms with Gasteiger partial charge in [-0.05, 0) is 6.42 Å². The topological polar surface area (TPSA) is 17.1 Å². The maximum Gasteiger partial charge on any atom is 0.133 e. The van der Waals surface area contributed by atoms with Crippen LogP contribution in [0.4, 0.5) is 0 Å². The van der Waals surface area contributed by atoms with Crippen LogP contribution < -0.4 is 0 Å². The van der Waals surface area contributed by atoms with Crippen LogP contribution in [0, 0.1) is 5.92 Å². The predicted octanol–water partition coefficient (Wildman–Crippen LogP) is 2.95. The van der Waals surface area contributed by atoms with Crippen LogP contribution in [0.1, 0.15) is 33.1 Å². The summed E-state index contributed by atoms with van der Waals surface area (Å²) in [6.45, 7) is 3.87. The van der Waals surface area contributed by atoms with Gasteiger partial charge in [-0.2, -0.15) is 0 Å². The molecule has 64 valence electrons. The summed E-state index contributed by atoms with van der Waals surface area (Å²) in [5.74, 6) is 0.300. The van der Waals surface area contributed by atoms with E-state index in [0.717, 1.165) is 6.42 Å². The van der Waals surface area contributed by atoms with Crippen molar-refractivity contribution in [1.82, 2.24) is 0 Å². The van der Waals surface area contributed by atoms with Crippen molar-refractivity contribution in [3.8, 4) is 0 Å². The van der Waals surface area contributed by atoms with Crippen molar-refractivity contribution in [3.05, 3.63) is 0 Å². The van der Waals surface area contributed by atoms with E-state index in [4.69, 9.17) is 23.8 Å². The number of carbonyl (C=O) groups is 1. The van der Waals surface area contributed by atoms with E-state index in [9.17, 15) is 4.79 Å². The van der Waals surface area contributed by atoms with Crippen molar-refractivity contribution >= 4 is 33.9 Å². The largest absolute Gasteiger partial charge is 0.300 e. The molecule has 0 saturated heterocycles. The number of thiocarbonyl (C=S) groups is 1. The second-order valence-electron chi connectivity index (χ2n) is 2.70. The maximum absolute atomic E-state index is 11.0. The average Bonchev–Trinajstić information content (AvgIpc) is 1.87. The van der Waals surface area contributed by atoms with E-state index in [1.807, 2.05) is 13.8 Å². The first kappa shape index (κ1) is 11.1. The monoisotopic (exact) mass is 192 g/mol. The number of ketones is 1. The van der Waals surface area contributed by atoms with Crippen molar-refractivity contribution in [3.63, 3.8) is 0 Å². The molecule has 0 N–H and O–H groups in total. The predicted molar refractivity (Wildman–Crippen MR) is 52.1 cm³/mol. The molecule has 0 heterocycles. The van der Waals surface area contributed by atoms with Gasteiger partial charge in [0.25, 0.3) is 0 Å². The van der Waals surface area contributed by atoms with Crippen molar-refractivity contribution < 1.29 is 4.79 Å². The highest BCUT2D eigenvalue weighted by Crippen LogP contribution is 2.10. The lowest BCUT2D eigenvalue weighted by Gasteiger charge is -2.05. The molecule has 0 amide bonds. The van der Waals surface area contributed by atoms with Gasteiger partial charge in [0.2, 0.25) is 0 Å².